The molecular formula is C13H17N3S2. The van der Waals surface area contributed by atoms with Crippen LogP contribution in [-0.2, 0) is 0 Å². The van der Waals surface area contributed by atoms with Crippen LogP contribution in [0.4, 0.5) is 0 Å². The fourth-order valence-electron chi connectivity index (χ4n) is 2.31. The monoisotopic (exact) mass is 279 g/mol. The van der Waals surface area contributed by atoms with Crippen LogP contribution in [-0.4, -0.2) is 28.8 Å². The molecule has 0 amide bonds. The number of piperidine rings is 1. The molecule has 0 aromatic carbocycles. The minimum absolute atomic E-state index is 0.834. The van der Waals surface area contributed by atoms with E-state index in [0.29, 0.717) is 0 Å². The van der Waals surface area contributed by atoms with Gasteiger partial charge in [-0.2, -0.15) is 0 Å². The highest BCUT2D eigenvalue weighted by Crippen LogP contribution is 2.32. The van der Waals surface area contributed by atoms with Gasteiger partial charge in [0.15, 0.2) is 0 Å². The second kappa shape index (κ2) is 5.55. The van der Waals surface area contributed by atoms with Crippen molar-refractivity contribution in [2.45, 2.75) is 24.8 Å². The van der Waals surface area contributed by atoms with Crippen LogP contribution in [0.15, 0.2) is 17.4 Å². The van der Waals surface area contributed by atoms with Gasteiger partial charge in [-0.3, -0.25) is 0 Å². The Labute approximate surface area is 115 Å². The van der Waals surface area contributed by atoms with Crippen molar-refractivity contribution in [3.05, 3.63) is 17.3 Å². The third kappa shape index (κ3) is 2.68. The summed E-state index contributed by atoms with van der Waals surface area (Å²) in [5.41, 5.74) is 0. The summed E-state index contributed by atoms with van der Waals surface area (Å²) in [7, 11) is 0. The van der Waals surface area contributed by atoms with Crippen LogP contribution in [0.2, 0.25) is 0 Å². The van der Waals surface area contributed by atoms with Crippen molar-refractivity contribution in [3.8, 4) is 0 Å². The molecule has 1 aliphatic rings. The number of thioether (sulfide) groups is 1. The lowest BCUT2D eigenvalue weighted by Gasteiger charge is -2.21. The van der Waals surface area contributed by atoms with Gasteiger partial charge in [0.05, 0.1) is 0 Å². The SMILES string of the molecule is Cc1cc2c(SCC3CCNCC3)ncnc2s1. The van der Waals surface area contributed by atoms with Gasteiger partial charge in [0.1, 0.15) is 16.2 Å². The van der Waals surface area contributed by atoms with Crippen molar-refractivity contribution in [2.24, 2.45) is 5.92 Å². The van der Waals surface area contributed by atoms with Gasteiger partial charge in [-0.25, -0.2) is 9.97 Å². The summed E-state index contributed by atoms with van der Waals surface area (Å²) in [6, 6.07) is 2.21. The third-order valence-corrected chi connectivity index (χ3v) is 5.53. The summed E-state index contributed by atoms with van der Waals surface area (Å²) in [4.78, 5) is 11.2. The molecule has 0 radical (unpaired) electrons. The molecule has 3 nitrogen and oxygen atoms in total. The largest absolute Gasteiger partial charge is 0.317 e. The summed E-state index contributed by atoms with van der Waals surface area (Å²) in [6.07, 6.45) is 4.29. The number of aryl methyl sites for hydroxylation is 1. The molecule has 0 bridgehead atoms. The number of hydrogen-bond donors (Lipinski definition) is 1. The Hall–Kier alpha value is -0.650. The Morgan fingerprint density at radius 1 is 1.39 bits per heavy atom. The lowest BCUT2D eigenvalue weighted by Crippen LogP contribution is -2.28. The van der Waals surface area contributed by atoms with Gasteiger partial charge in [-0.05, 0) is 44.8 Å². The molecule has 2 aromatic heterocycles. The summed E-state index contributed by atoms with van der Waals surface area (Å²) in [5.74, 6) is 2.02. The van der Waals surface area contributed by atoms with Gasteiger partial charge in [0.25, 0.3) is 0 Å². The minimum atomic E-state index is 0.834. The fourth-order valence-corrected chi connectivity index (χ4v) is 4.39. The molecule has 2 aromatic rings. The van der Waals surface area contributed by atoms with Crippen molar-refractivity contribution < 1.29 is 0 Å². The Balaban J connectivity index is 1.73. The first-order chi connectivity index (χ1) is 8.83. The molecule has 96 valence electrons. The number of nitrogens with zero attached hydrogens (tertiary/aromatic N) is 2. The fraction of sp³-hybridized carbons (Fsp3) is 0.538. The van der Waals surface area contributed by atoms with E-state index in [1.807, 2.05) is 11.8 Å². The predicted molar refractivity (Wildman–Crippen MR) is 78.5 cm³/mol. The van der Waals surface area contributed by atoms with E-state index in [1.165, 1.54) is 41.9 Å². The summed E-state index contributed by atoms with van der Waals surface area (Å²) < 4.78 is 0. The molecule has 18 heavy (non-hydrogen) atoms. The highest BCUT2D eigenvalue weighted by molar-refractivity contribution is 7.99. The molecule has 1 fully saturated rings. The van der Waals surface area contributed by atoms with Gasteiger partial charge in [0.2, 0.25) is 0 Å². The van der Waals surface area contributed by atoms with Crippen molar-refractivity contribution in [1.82, 2.24) is 15.3 Å². The zero-order chi connectivity index (χ0) is 12.4. The number of nitrogens with one attached hydrogen (secondary N) is 1. The highest BCUT2D eigenvalue weighted by atomic mass is 32.2. The first-order valence-electron chi connectivity index (χ1n) is 6.37. The maximum absolute atomic E-state index is 4.45. The average molecular weight is 279 g/mol. The number of thiophene rings is 1. The second-order valence-corrected chi connectivity index (χ2v) is 7.00. The molecule has 0 saturated carbocycles. The van der Waals surface area contributed by atoms with E-state index in [2.05, 4.69) is 28.3 Å². The Morgan fingerprint density at radius 3 is 3.06 bits per heavy atom. The smallest absolute Gasteiger partial charge is 0.128 e. The number of aromatic nitrogens is 2. The quantitative estimate of drug-likeness (QED) is 0.692. The molecule has 0 aliphatic carbocycles. The van der Waals surface area contributed by atoms with Crippen molar-refractivity contribution in [2.75, 3.05) is 18.8 Å². The van der Waals surface area contributed by atoms with Gasteiger partial charge in [-0.15, -0.1) is 23.1 Å². The highest BCUT2D eigenvalue weighted by Gasteiger charge is 2.15. The molecule has 0 spiro atoms. The first kappa shape index (κ1) is 12.4. The topological polar surface area (TPSA) is 37.8 Å². The van der Waals surface area contributed by atoms with Gasteiger partial charge in [-0.1, -0.05) is 0 Å². The zero-order valence-corrected chi connectivity index (χ0v) is 12.1. The molecule has 0 atom stereocenters. The van der Waals surface area contributed by atoms with E-state index >= 15 is 0 Å². The number of hydrogen-bond acceptors (Lipinski definition) is 5. The van der Waals surface area contributed by atoms with Gasteiger partial charge >= 0.3 is 0 Å². The summed E-state index contributed by atoms with van der Waals surface area (Å²) in [6.45, 7) is 4.47. The second-order valence-electron chi connectivity index (χ2n) is 4.76. The minimum Gasteiger partial charge on any atom is -0.317 e. The standard InChI is InChI=1S/C13H17N3S2/c1-9-6-11-12(15-8-16-13(11)18-9)17-7-10-2-4-14-5-3-10/h6,8,10,14H,2-5,7H2,1H3. The van der Waals surface area contributed by atoms with Crippen LogP contribution in [0.1, 0.15) is 17.7 Å². The molecule has 1 N–H and O–H groups in total. The van der Waals surface area contributed by atoms with E-state index < -0.39 is 0 Å². The Bertz CT molecular complexity index is 532. The third-order valence-electron chi connectivity index (χ3n) is 3.33. The maximum Gasteiger partial charge on any atom is 0.128 e. The molecule has 3 heterocycles. The first-order valence-corrected chi connectivity index (χ1v) is 8.18. The van der Waals surface area contributed by atoms with Crippen LogP contribution in [0, 0.1) is 12.8 Å². The molecule has 1 aliphatic heterocycles. The van der Waals surface area contributed by atoms with E-state index in [1.54, 1.807) is 17.7 Å². The lowest BCUT2D eigenvalue weighted by atomic mass is 10.0. The van der Waals surface area contributed by atoms with Crippen LogP contribution in [0.25, 0.3) is 10.2 Å². The van der Waals surface area contributed by atoms with Crippen LogP contribution in [0.5, 0.6) is 0 Å². The molecule has 1 saturated heterocycles. The average Bonchev–Trinajstić information content (AvgIpc) is 2.78. The number of rotatable bonds is 3. The number of fused-ring (bicyclic) bond motifs is 1. The zero-order valence-electron chi connectivity index (χ0n) is 10.5. The summed E-state index contributed by atoms with van der Waals surface area (Å²) >= 11 is 3.65. The van der Waals surface area contributed by atoms with E-state index in [9.17, 15) is 0 Å². The van der Waals surface area contributed by atoms with E-state index in [4.69, 9.17) is 0 Å². The predicted octanol–water partition coefficient (Wildman–Crippen LogP) is 3.09. The van der Waals surface area contributed by atoms with Crippen molar-refractivity contribution in [1.29, 1.82) is 0 Å². The summed E-state index contributed by atoms with van der Waals surface area (Å²) in [5, 5.41) is 5.80. The maximum atomic E-state index is 4.45. The van der Waals surface area contributed by atoms with E-state index in [-0.39, 0.29) is 0 Å². The Morgan fingerprint density at radius 2 is 2.22 bits per heavy atom. The Kier molecular flexibility index (Phi) is 3.82. The molecule has 0 unspecified atom stereocenters. The van der Waals surface area contributed by atoms with Crippen molar-refractivity contribution >= 4 is 33.3 Å². The molecular weight excluding hydrogens is 262 g/mol. The van der Waals surface area contributed by atoms with Crippen molar-refractivity contribution in [3.63, 3.8) is 0 Å². The molecule has 5 heteroatoms. The normalized spacial score (nSPS) is 17.4. The lowest BCUT2D eigenvalue weighted by molar-refractivity contribution is 0.408. The van der Waals surface area contributed by atoms with Gasteiger partial charge < -0.3 is 5.32 Å². The van der Waals surface area contributed by atoms with Crippen LogP contribution in [0.3, 0.4) is 0 Å². The van der Waals surface area contributed by atoms with E-state index in [0.717, 1.165) is 15.8 Å². The van der Waals surface area contributed by atoms with Crippen LogP contribution < -0.4 is 5.32 Å². The van der Waals surface area contributed by atoms with Gasteiger partial charge in [0, 0.05) is 16.0 Å². The van der Waals surface area contributed by atoms with Crippen LogP contribution >= 0.6 is 23.1 Å². The molecule has 3 rings (SSSR count).